The normalized spacial score (nSPS) is 10.4. The molecule has 0 spiro atoms. The number of carbonyl (C=O) groups excluding carboxylic acids is 3. The van der Waals surface area contributed by atoms with E-state index in [2.05, 4.69) is 5.32 Å². The maximum absolute atomic E-state index is 12.4. The van der Waals surface area contributed by atoms with E-state index in [1.54, 1.807) is 38.1 Å². The summed E-state index contributed by atoms with van der Waals surface area (Å²) in [6, 6.07) is 6.73. The van der Waals surface area contributed by atoms with Crippen molar-refractivity contribution in [2.24, 2.45) is 0 Å². The Balaban J connectivity index is 2.18. The van der Waals surface area contributed by atoms with Crippen LogP contribution in [0, 0.1) is 6.92 Å². The first-order chi connectivity index (χ1) is 14.4. The summed E-state index contributed by atoms with van der Waals surface area (Å²) in [6.45, 7) is 3.36. The minimum absolute atomic E-state index is 0.0643. The standard InChI is InChI=1S/C20H22ClNO7S/c1-4-27-19(24)16-12(2)17(20(25)28-10-9-26-3)30-18(16)22-15(23)11-29-14-8-6-5-7-13(14)21/h5-8H,4,9-11H2,1-3H3,(H,22,23). The number of hydrogen-bond donors (Lipinski definition) is 1. The van der Waals surface area contributed by atoms with Crippen LogP contribution in [0.2, 0.25) is 5.02 Å². The van der Waals surface area contributed by atoms with Gasteiger partial charge < -0.3 is 24.3 Å². The molecule has 0 radical (unpaired) electrons. The van der Waals surface area contributed by atoms with E-state index in [0.29, 0.717) is 16.3 Å². The van der Waals surface area contributed by atoms with E-state index < -0.39 is 17.8 Å². The van der Waals surface area contributed by atoms with Gasteiger partial charge >= 0.3 is 11.9 Å². The Kier molecular flexibility index (Phi) is 9.10. The SMILES string of the molecule is CCOC(=O)c1c(NC(=O)COc2ccccc2Cl)sc(C(=O)OCCOC)c1C. The minimum atomic E-state index is -0.649. The zero-order valence-corrected chi connectivity index (χ0v) is 18.4. The summed E-state index contributed by atoms with van der Waals surface area (Å²) in [5, 5.41) is 3.15. The number of benzene rings is 1. The van der Waals surface area contributed by atoms with Gasteiger partial charge in [0.15, 0.2) is 6.61 Å². The van der Waals surface area contributed by atoms with Crippen LogP contribution in [-0.2, 0) is 19.0 Å². The molecule has 1 aromatic carbocycles. The van der Waals surface area contributed by atoms with Crippen LogP contribution in [0.1, 0.15) is 32.5 Å². The van der Waals surface area contributed by atoms with Gasteiger partial charge in [-0.3, -0.25) is 4.79 Å². The number of rotatable bonds is 10. The van der Waals surface area contributed by atoms with Crippen molar-refractivity contribution in [2.45, 2.75) is 13.8 Å². The number of amides is 1. The van der Waals surface area contributed by atoms with Gasteiger partial charge in [0.1, 0.15) is 22.2 Å². The first kappa shape index (κ1) is 23.7. The Hall–Kier alpha value is -2.62. The highest BCUT2D eigenvalue weighted by atomic mass is 35.5. The fourth-order valence-electron chi connectivity index (χ4n) is 2.40. The van der Waals surface area contributed by atoms with E-state index in [9.17, 15) is 14.4 Å². The quantitative estimate of drug-likeness (QED) is 0.430. The first-order valence-electron chi connectivity index (χ1n) is 9.02. The summed E-state index contributed by atoms with van der Waals surface area (Å²) in [7, 11) is 1.49. The number of nitrogens with one attached hydrogen (secondary N) is 1. The molecule has 0 aliphatic rings. The zero-order valence-electron chi connectivity index (χ0n) is 16.8. The molecule has 0 bridgehead atoms. The summed E-state index contributed by atoms with van der Waals surface area (Å²) in [5.41, 5.74) is 0.467. The monoisotopic (exact) mass is 455 g/mol. The lowest BCUT2D eigenvalue weighted by Crippen LogP contribution is -2.21. The van der Waals surface area contributed by atoms with Crippen LogP contribution in [0.15, 0.2) is 24.3 Å². The van der Waals surface area contributed by atoms with Gasteiger partial charge in [0.05, 0.1) is 23.8 Å². The average molecular weight is 456 g/mol. The van der Waals surface area contributed by atoms with Crippen LogP contribution in [0.3, 0.4) is 0 Å². The second-order valence-corrected chi connectivity index (χ2v) is 7.30. The molecule has 0 unspecified atom stereocenters. The van der Waals surface area contributed by atoms with Crippen molar-refractivity contribution >= 4 is 45.8 Å². The van der Waals surface area contributed by atoms with Crippen molar-refractivity contribution in [3.8, 4) is 5.75 Å². The molecule has 8 nitrogen and oxygen atoms in total. The lowest BCUT2D eigenvalue weighted by Gasteiger charge is -2.09. The van der Waals surface area contributed by atoms with Gasteiger partial charge in [0.2, 0.25) is 0 Å². The van der Waals surface area contributed by atoms with Gasteiger partial charge in [-0.1, -0.05) is 23.7 Å². The zero-order chi connectivity index (χ0) is 22.1. The van der Waals surface area contributed by atoms with E-state index in [1.165, 1.54) is 7.11 Å². The van der Waals surface area contributed by atoms with E-state index in [1.807, 2.05) is 0 Å². The molecular formula is C20H22ClNO7S. The molecular weight excluding hydrogens is 434 g/mol. The van der Waals surface area contributed by atoms with Crippen LogP contribution >= 0.6 is 22.9 Å². The van der Waals surface area contributed by atoms with Crippen LogP contribution in [0.5, 0.6) is 5.75 Å². The number of ether oxygens (including phenoxy) is 4. The topological polar surface area (TPSA) is 100 Å². The Labute approximate surface area is 183 Å². The lowest BCUT2D eigenvalue weighted by atomic mass is 10.1. The van der Waals surface area contributed by atoms with Crippen molar-refractivity contribution in [1.29, 1.82) is 0 Å². The predicted molar refractivity (Wildman–Crippen MR) is 113 cm³/mol. The number of anilines is 1. The first-order valence-corrected chi connectivity index (χ1v) is 10.2. The third-order valence-electron chi connectivity index (χ3n) is 3.78. The maximum Gasteiger partial charge on any atom is 0.348 e. The van der Waals surface area contributed by atoms with Crippen molar-refractivity contribution in [1.82, 2.24) is 0 Å². The van der Waals surface area contributed by atoms with Gasteiger partial charge in [0.25, 0.3) is 5.91 Å². The molecule has 30 heavy (non-hydrogen) atoms. The number of halogens is 1. The van der Waals surface area contributed by atoms with Crippen molar-refractivity contribution in [2.75, 3.05) is 38.9 Å². The molecule has 0 aliphatic heterocycles. The van der Waals surface area contributed by atoms with Crippen LogP contribution in [0.4, 0.5) is 5.00 Å². The highest BCUT2D eigenvalue weighted by Crippen LogP contribution is 2.34. The molecule has 1 amide bonds. The van der Waals surface area contributed by atoms with Gasteiger partial charge in [0, 0.05) is 7.11 Å². The molecule has 10 heteroatoms. The Morgan fingerprint density at radius 2 is 1.83 bits per heavy atom. The molecule has 0 fully saturated rings. The molecule has 2 aromatic rings. The molecule has 1 N–H and O–H groups in total. The molecule has 1 aromatic heterocycles. The lowest BCUT2D eigenvalue weighted by molar-refractivity contribution is -0.118. The molecule has 0 aliphatic carbocycles. The fourth-order valence-corrected chi connectivity index (χ4v) is 3.69. The van der Waals surface area contributed by atoms with Gasteiger partial charge in [-0.25, -0.2) is 9.59 Å². The van der Waals surface area contributed by atoms with E-state index >= 15 is 0 Å². The Bertz CT molecular complexity index is 913. The summed E-state index contributed by atoms with van der Waals surface area (Å²) < 4.78 is 20.4. The molecule has 1 heterocycles. The number of esters is 2. The van der Waals surface area contributed by atoms with E-state index in [4.69, 9.17) is 30.5 Å². The minimum Gasteiger partial charge on any atom is -0.482 e. The molecule has 0 atom stereocenters. The highest BCUT2D eigenvalue weighted by molar-refractivity contribution is 7.18. The number of methoxy groups -OCH3 is 1. The summed E-state index contributed by atoms with van der Waals surface area (Å²) in [6.07, 6.45) is 0. The Morgan fingerprint density at radius 1 is 1.10 bits per heavy atom. The van der Waals surface area contributed by atoms with Crippen LogP contribution in [-0.4, -0.2) is 51.4 Å². The second kappa shape index (κ2) is 11.5. The van der Waals surface area contributed by atoms with Crippen molar-refractivity contribution < 1.29 is 33.3 Å². The molecule has 2 rings (SSSR count). The average Bonchev–Trinajstić information content (AvgIpc) is 3.03. The third kappa shape index (κ3) is 6.19. The predicted octanol–water partition coefficient (Wildman–Crippen LogP) is 3.71. The third-order valence-corrected chi connectivity index (χ3v) is 5.28. The molecule has 0 saturated heterocycles. The van der Waals surface area contributed by atoms with Gasteiger partial charge in [-0.2, -0.15) is 0 Å². The Morgan fingerprint density at radius 3 is 2.50 bits per heavy atom. The maximum atomic E-state index is 12.4. The molecule has 0 saturated carbocycles. The van der Waals surface area contributed by atoms with Crippen LogP contribution in [0.25, 0.3) is 0 Å². The molecule has 162 valence electrons. The van der Waals surface area contributed by atoms with Gasteiger partial charge in [-0.05, 0) is 31.5 Å². The number of carbonyl (C=O) groups is 3. The van der Waals surface area contributed by atoms with E-state index in [-0.39, 0.29) is 41.9 Å². The summed E-state index contributed by atoms with van der Waals surface area (Å²) in [5.74, 6) is -1.44. The van der Waals surface area contributed by atoms with Crippen molar-refractivity contribution in [3.05, 3.63) is 45.3 Å². The van der Waals surface area contributed by atoms with Crippen molar-refractivity contribution in [3.63, 3.8) is 0 Å². The van der Waals surface area contributed by atoms with Crippen LogP contribution < -0.4 is 10.1 Å². The number of hydrogen-bond acceptors (Lipinski definition) is 8. The smallest absolute Gasteiger partial charge is 0.348 e. The summed E-state index contributed by atoms with van der Waals surface area (Å²) in [4.78, 5) is 37.3. The number of para-hydroxylation sites is 1. The fraction of sp³-hybridized carbons (Fsp3) is 0.350. The van der Waals surface area contributed by atoms with Gasteiger partial charge in [-0.15, -0.1) is 11.3 Å². The second-order valence-electron chi connectivity index (χ2n) is 5.88. The van der Waals surface area contributed by atoms with E-state index in [0.717, 1.165) is 11.3 Å². The largest absolute Gasteiger partial charge is 0.482 e. The summed E-state index contributed by atoms with van der Waals surface area (Å²) >= 11 is 6.93. The highest BCUT2D eigenvalue weighted by Gasteiger charge is 2.27. The number of thiophene rings is 1.